The van der Waals surface area contributed by atoms with Crippen molar-refractivity contribution >= 4 is 12.1 Å². The van der Waals surface area contributed by atoms with Crippen LogP contribution in [0.5, 0.6) is 0 Å². The third kappa shape index (κ3) is 3.69. The van der Waals surface area contributed by atoms with Gasteiger partial charge in [-0.15, -0.1) is 0 Å². The second kappa shape index (κ2) is 7.31. The molecule has 26 heavy (non-hydrogen) atoms. The minimum atomic E-state index is -0.423. The summed E-state index contributed by atoms with van der Waals surface area (Å²) in [5.41, 5.74) is 6.28. The van der Waals surface area contributed by atoms with Gasteiger partial charge in [0.25, 0.3) is 5.91 Å². The number of hydrazone groups is 1. The number of nitrogens with one attached hydrogen (secondary N) is 1. The zero-order valence-corrected chi connectivity index (χ0v) is 14.3. The van der Waals surface area contributed by atoms with Gasteiger partial charge >= 0.3 is 0 Å². The number of nitrogens with zero attached hydrogens (tertiary/aromatic N) is 2. The highest BCUT2D eigenvalue weighted by Gasteiger charge is 2.10. The zero-order valence-electron chi connectivity index (χ0n) is 14.3. The lowest BCUT2D eigenvalue weighted by Gasteiger charge is -2.09. The summed E-state index contributed by atoms with van der Waals surface area (Å²) in [5, 5.41) is 3.97. The molecule has 1 aromatic heterocycles. The molecule has 4 nitrogen and oxygen atoms in total. The van der Waals surface area contributed by atoms with Crippen molar-refractivity contribution in [3.8, 4) is 5.69 Å². The van der Waals surface area contributed by atoms with Gasteiger partial charge in [-0.1, -0.05) is 0 Å². The molecule has 3 aromatic rings. The predicted molar refractivity (Wildman–Crippen MR) is 96.7 cm³/mol. The third-order valence-corrected chi connectivity index (χ3v) is 4.03. The predicted octanol–water partition coefficient (Wildman–Crippen LogP) is 4.14. The molecule has 1 N–H and O–H groups in total. The quantitative estimate of drug-likeness (QED) is 0.556. The Kier molecular flexibility index (Phi) is 4.93. The molecule has 0 bridgehead atoms. The molecule has 6 heteroatoms. The fourth-order valence-corrected chi connectivity index (χ4v) is 2.73. The van der Waals surface area contributed by atoms with Gasteiger partial charge in [-0.3, -0.25) is 4.79 Å². The molecule has 0 radical (unpaired) electrons. The average Bonchev–Trinajstić information content (AvgIpc) is 2.90. The SMILES string of the molecule is Cc1cc(/C=N\NC(=O)c2ccc(F)cc2)c(C)n1-c1ccc(F)cc1. The van der Waals surface area contributed by atoms with E-state index in [4.69, 9.17) is 0 Å². The lowest BCUT2D eigenvalue weighted by molar-refractivity contribution is 0.0955. The third-order valence-electron chi connectivity index (χ3n) is 4.03. The lowest BCUT2D eigenvalue weighted by atomic mass is 10.2. The molecule has 3 rings (SSSR count). The van der Waals surface area contributed by atoms with Crippen molar-refractivity contribution in [3.05, 3.63) is 88.7 Å². The van der Waals surface area contributed by atoms with Crippen LogP contribution in [0.15, 0.2) is 59.7 Å². The van der Waals surface area contributed by atoms with Crippen LogP contribution in [0, 0.1) is 25.5 Å². The number of benzene rings is 2. The Morgan fingerprint density at radius 2 is 1.58 bits per heavy atom. The van der Waals surface area contributed by atoms with Gasteiger partial charge in [-0.05, 0) is 68.4 Å². The van der Waals surface area contributed by atoms with E-state index in [2.05, 4.69) is 10.5 Å². The molecule has 132 valence electrons. The number of amides is 1. The molecule has 0 aliphatic heterocycles. The zero-order chi connectivity index (χ0) is 18.7. The minimum absolute atomic E-state index is 0.290. The van der Waals surface area contributed by atoms with E-state index in [0.717, 1.165) is 22.6 Å². The van der Waals surface area contributed by atoms with Crippen molar-refractivity contribution in [2.24, 2.45) is 5.10 Å². The Bertz CT molecular complexity index is 958. The summed E-state index contributed by atoms with van der Waals surface area (Å²) < 4.78 is 28.0. The maximum atomic E-state index is 13.1. The lowest BCUT2D eigenvalue weighted by Crippen LogP contribution is -2.17. The summed E-state index contributed by atoms with van der Waals surface area (Å²) >= 11 is 0. The van der Waals surface area contributed by atoms with E-state index in [1.54, 1.807) is 18.3 Å². The van der Waals surface area contributed by atoms with Gasteiger partial charge in [0.05, 0.1) is 6.21 Å². The Hall–Kier alpha value is -3.28. The Labute approximate surface area is 149 Å². The van der Waals surface area contributed by atoms with Gasteiger partial charge in [0.15, 0.2) is 0 Å². The molecule has 0 saturated heterocycles. The number of halogens is 2. The number of aryl methyl sites for hydroxylation is 1. The monoisotopic (exact) mass is 353 g/mol. The molecule has 0 fully saturated rings. The smallest absolute Gasteiger partial charge is 0.271 e. The number of hydrogen-bond donors (Lipinski definition) is 1. The number of carbonyl (C=O) groups is 1. The van der Waals surface area contributed by atoms with Gasteiger partial charge in [0, 0.05) is 28.2 Å². The van der Waals surface area contributed by atoms with E-state index in [1.165, 1.54) is 36.4 Å². The number of aromatic nitrogens is 1. The summed E-state index contributed by atoms with van der Waals surface area (Å²) in [4.78, 5) is 12.0. The van der Waals surface area contributed by atoms with E-state index < -0.39 is 11.7 Å². The molecular weight excluding hydrogens is 336 g/mol. The van der Waals surface area contributed by atoms with Crippen molar-refractivity contribution in [3.63, 3.8) is 0 Å². The molecular formula is C20H17F2N3O. The van der Waals surface area contributed by atoms with Crippen LogP contribution in [0.4, 0.5) is 8.78 Å². The Morgan fingerprint density at radius 3 is 2.19 bits per heavy atom. The van der Waals surface area contributed by atoms with Crippen LogP contribution in [0.2, 0.25) is 0 Å². The highest BCUT2D eigenvalue weighted by Crippen LogP contribution is 2.20. The van der Waals surface area contributed by atoms with Crippen LogP contribution >= 0.6 is 0 Å². The first-order chi connectivity index (χ1) is 12.5. The Morgan fingerprint density at radius 1 is 1.00 bits per heavy atom. The van der Waals surface area contributed by atoms with E-state index >= 15 is 0 Å². The maximum absolute atomic E-state index is 13.1. The molecule has 0 aliphatic carbocycles. The van der Waals surface area contributed by atoms with E-state index in [0.29, 0.717) is 5.56 Å². The molecule has 1 heterocycles. The second-order valence-corrected chi connectivity index (χ2v) is 5.84. The second-order valence-electron chi connectivity index (χ2n) is 5.84. The summed E-state index contributed by atoms with van der Waals surface area (Å²) in [6, 6.07) is 13.4. The van der Waals surface area contributed by atoms with Gasteiger partial charge < -0.3 is 4.57 Å². The van der Waals surface area contributed by atoms with Crippen LogP contribution in [0.3, 0.4) is 0 Å². The molecule has 0 aliphatic rings. The van der Waals surface area contributed by atoms with Crippen molar-refractivity contribution < 1.29 is 13.6 Å². The average molecular weight is 353 g/mol. The van der Waals surface area contributed by atoms with Gasteiger partial charge in [0.2, 0.25) is 0 Å². The summed E-state index contributed by atoms with van der Waals surface area (Å²) in [6.07, 6.45) is 1.55. The standard InChI is InChI=1S/C20H17F2N3O/c1-13-11-16(14(2)25(13)19-9-7-18(22)8-10-19)12-23-24-20(26)15-3-5-17(21)6-4-15/h3-12H,1-2H3,(H,24,26)/b23-12-. The van der Waals surface area contributed by atoms with Crippen molar-refractivity contribution in [1.29, 1.82) is 0 Å². The van der Waals surface area contributed by atoms with Crippen LogP contribution in [-0.4, -0.2) is 16.7 Å². The van der Waals surface area contributed by atoms with Crippen molar-refractivity contribution in [2.45, 2.75) is 13.8 Å². The highest BCUT2D eigenvalue weighted by atomic mass is 19.1. The maximum Gasteiger partial charge on any atom is 0.271 e. The number of rotatable bonds is 4. The van der Waals surface area contributed by atoms with Gasteiger partial charge in [-0.25, -0.2) is 14.2 Å². The summed E-state index contributed by atoms with van der Waals surface area (Å²) in [6.45, 7) is 3.85. The summed E-state index contributed by atoms with van der Waals surface area (Å²) in [7, 11) is 0. The van der Waals surface area contributed by atoms with E-state index in [-0.39, 0.29) is 5.82 Å². The van der Waals surface area contributed by atoms with Crippen LogP contribution < -0.4 is 5.43 Å². The van der Waals surface area contributed by atoms with Crippen LogP contribution in [-0.2, 0) is 0 Å². The first kappa shape index (κ1) is 17.5. The van der Waals surface area contributed by atoms with E-state index in [1.807, 2.05) is 24.5 Å². The fraction of sp³-hybridized carbons (Fsp3) is 0.100. The molecule has 1 amide bonds. The first-order valence-electron chi connectivity index (χ1n) is 7.99. The number of hydrogen-bond acceptors (Lipinski definition) is 2. The summed E-state index contributed by atoms with van der Waals surface area (Å²) in [5.74, 6) is -1.12. The van der Waals surface area contributed by atoms with E-state index in [9.17, 15) is 13.6 Å². The number of carbonyl (C=O) groups excluding carboxylic acids is 1. The van der Waals surface area contributed by atoms with Crippen molar-refractivity contribution in [1.82, 2.24) is 9.99 Å². The Balaban J connectivity index is 1.77. The van der Waals surface area contributed by atoms with Gasteiger partial charge in [-0.2, -0.15) is 5.10 Å². The highest BCUT2D eigenvalue weighted by molar-refractivity contribution is 5.95. The molecule has 0 spiro atoms. The van der Waals surface area contributed by atoms with Gasteiger partial charge in [0.1, 0.15) is 11.6 Å². The van der Waals surface area contributed by atoms with Crippen LogP contribution in [0.1, 0.15) is 27.3 Å². The molecule has 0 saturated carbocycles. The fourth-order valence-electron chi connectivity index (χ4n) is 2.73. The largest absolute Gasteiger partial charge is 0.318 e. The minimum Gasteiger partial charge on any atom is -0.318 e. The van der Waals surface area contributed by atoms with Crippen molar-refractivity contribution in [2.75, 3.05) is 0 Å². The molecule has 0 unspecified atom stereocenters. The topological polar surface area (TPSA) is 46.4 Å². The van der Waals surface area contributed by atoms with Crippen LogP contribution in [0.25, 0.3) is 5.69 Å². The first-order valence-corrected chi connectivity index (χ1v) is 7.99. The normalized spacial score (nSPS) is 11.1. The molecule has 2 aromatic carbocycles. The molecule has 0 atom stereocenters.